The van der Waals surface area contributed by atoms with Gasteiger partial charge < -0.3 is 5.11 Å². The van der Waals surface area contributed by atoms with E-state index in [0.717, 1.165) is 22.7 Å². The van der Waals surface area contributed by atoms with Crippen molar-refractivity contribution in [2.75, 3.05) is 0 Å². The van der Waals surface area contributed by atoms with E-state index < -0.39 is 22.0 Å². The van der Waals surface area contributed by atoms with Gasteiger partial charge in [-0.2, -0.15) is 4.72 Å². The Balaban J connectivity index is 2.33. The molecule has 0 aromatic carbocycles. The van der Waals surface area contributed by atoms with E-state index in [9.17, 15) is 13.2 Å². The topological polar surface area (TPSA) is 83.5 Å². The Morgan fingerprint density at radius 2 is 2.20 bits per heavy atom. The number of thiophene rings is 2. The monoisotopic (exact) mass is 415 g/mol. The Morgan fingerprint density at radius 1 is 1.50 bits per heavy atom. The van der Waals surface area contributed by atoms with Crippen molar-refractivity contribution in [3.05, 3.63) is 37.3 Å². The van der Waals surface area contributed by atoms with E-state index in [2.05, 4.69) is 20.7 Å². The van der Waals surface area contributed by atoms with Gasteiger partial charge >= 0.3 is 5.97 Å². The molecule has 0 aliphatic heterocycles. The molecule has 0 fully saturated rings. The number of carboxylic acids is 1. The predicted molar refractivity (Wildman–Crippen MR) is 82.0 cm³/mol. The standard InChI is InChI=1S/C10H7BrClNO4S3/c11-9-5(12)4-7(19-9)20(16,17)13-8(10(14)15)6-2-1-3-18-6/h1-4,8,13H,(H,14,15). The van der Waals surface area contributed by atoms with Crippen LogP contribution in [0, 0.1) is 0 Å². The van der Waals surface area contributed by atoms with E-state index in [1.807, 2.05) is 0 Å². The zero-order valence-corrected chi connectivity index (χ0v) is 14.3. The third-order valence-corrected chi connectivity index (χ3v) is 7.54. The highest BCUT2D eigenvalue weighted by atomic mass is 79.9. The van der Waals surface area contributed by atoms with Crippen LogP contribution in [-0.2, 0) is 14.8 Å². The van der Waals surface area contributed by atoms with Gasteiger partial charge in [0.05, 0.1) is 8.81 Å². The molecule has 0 radical (unpaired) electrons. The molecule has 2 aromatic heterocycles. The molecule has 2 heterocycles. The molecule has 0 saturated carbocycles. The van der Waals surface area contributed by atoms with Crippen LogP contribution in [0.2, 0.25) is 5.02 Å². The maximum Gasteiger partial charge on any atom is 0.327 e. The van der Waals surface area contributed by atoms with Crippen LogP contribution >= 0.6 is 50.2 Å². The average molecular weight is 417 g/mol. The maximum absolute atomic E-state index is 12.2. The van der Waals surface area contributed by atoms with E-state index in [0.29, 0.717) is 8.66 Å². The van der Waals surface area contributed by atoms with E-state index >= 15 is 0 Å². The van der Waals surface area contributed by atoms with Gasteiger partial charge in [0.1, 0.15) is 4.21 Å². The highest BCUT2D eigenvalue weighted by Gasteiger charge is 2.29. The number of hydrogen-bond donors (Lipinski definition) is 2. The van der Waals surface area contributed by atoms with Crippen molar-refractivity contribution in [3.63, 3.8) is 0 Å². The molecule has 0 amide bonds. The molecule has 2 N–H and O–H groups in total. The van der Waals surface area contributed by atoms with E-state index in [1.54, 1.807) is 17.5 Å². The van der Waals surface area contributed by atoms with Gasteiger partial charge in [-0.25, -0.2) is 8.42 Å². The largest absolute Gasteiger partial charge is 0.480 e. The summed E-state index contributed by atoms with van der Waals surface area (Å²) >= 11 is 11.0. The fraction of sp³-hybridized carbons (Fsp3) is 0.100. The number of carbonyl (C=O) groups is 1. The zero-order chi connectivity index (χ0) is 14.9. The van der Waals surface area contributed by atoms with Gasteiger partial charge in [0.15, 0.2) is 6.04 Å². The first-order valence-corrected chi connectivity index (χ1v) is 9.39. The first-order chi connectivity index (χ1) is 9.31. The Labute approximate surface area is 136 Å². The van der Waals surface area contributed by atoms with Crippen molar-refractivity contribution in [2.24, 2.45) is 0 Å². The molecule has 0 spiro atoms. The lowest BCUT2D eigenvalue weighted by molar-refractivity contribution is -0.139. The SMILES string of the molecule is O=C(O)C(NS(=O)(=O)c1cc(Cl)c(Br)s1)c1cccs1. The van der Waals surface area contributed by atoms with Crippen LogP contribution in [0.15, 0.2) is 31.6 Å². The molecule has 1 atom stereocenters. The second kappa shape index (κ2) is 6.12. The normalized spacial score (nSPS) is 13.3. The summed E-state index contributed by atoms with van der Waals surface area (Å²) in [7, 11) is -3.95. The van der Waals surface area contributed by atoms with Crippen LogP contribution in [0.4, 0.5) is 0 Å². The zero-order valence-electron chi connectivity index (χ0n) is 9.54. The molecule has 0 bridgehead atoms. The van der Waals surface area contributed by atoms with E-state index in [1.165, 1.54) is 6.07 Å². The number of sulfonamides is 1. The third kappa shape index (κ3) is 3.41. The second-order valence-corrected chi connectivity index (χ2v) is 9.29. The highest BCUT2D eigenvalue weighted by Crippen LogP contribution is 2.35. The predicted octanol–water partition coefficient (Wildman–Crippen LogP) is 3.33. The van der Waals surface area contributed by atoms with Crippen molar-refractivity contribution in [1.29, 1.82) is 0 Å². The van der Waals surface area contributed by atoms with Gasteiger partial charge in [-0.1, -0.05) is 17.7 Å². The molecule has 0 aliphatic carbocycles. The van der Waals surface area contributed by atoms with Crippen molar-refractivity contribution < 1.29 is 18.3 Å². The van der Waals surface area contributed by atoms with Crippen molar-refractivity contribution in [3.8, 4) is 0 Å². The average Bonchev–Trinajstić information content (AvgIpc) is 2.97. The van der Waals surface area contributed by atoms with Crippen molar-refractivity contribution in [1.82, 2.24) is 4.72 Å². The molecular formula is C10H7BrClNO4S3. The van der Waals surface area contributed by atoms with Crippen LogP contribution < -0.4 is 4.72 Å². The first kappa shape index (κ1) is 15.9. The Morgan fingerprint density at radius 3 is 2.65 bits per heavy atom. The van der Waals surface area contributed by atoms with Gasteiger partial charge in [0.25, 0.3) is 10.0 Å². The summed E-state index contributed by atoms with van der Waals surface area (Å²) in [5, 5.41) is 11.1. The number of rotatable bonds is 5. The van der Waals surface area contributed by atoms with Crippen molar-refractivity contribution in [2.45, 2.75) is 10.3 Å². The quantitative estimate of drug-likeness (QED) is 0.783. The summed E-state index contributed by atoms with van der Waals surface area (Å²) in [5.74, 6) is -1.27. The Bertz CT molecular complexity index is 706. The molecule has 1 unspecified atom stereocenters. The fourth-order valence-electron chi connectivity index (χ4n) is 1.36. The number of aliphatic carboxylic acids is 1. The molecule has 108 valence electrons. The molecule has 0 aliphatic rings. The van der Waals surface area contributed by atoms with Gasteiger partial charge in [-0.3, -0.25) is 4.79 Å². The number of carboxylic acid groups (broad SMARTS) is 1. The third-order valence-electron chi connectivity index (χ3n) is 2.24. The van der Waals surface area contributed by atoms with Crippen LogP contribution in [-0.4, -0.2) is 19.5 Å². The Hall–Kier alpha value is -0.450. The minimum atomic E-state index is -3.95. The number of nitrogens with one attached hydrogen (secondary N) is 1. The fourth-order valence-corrected chi connectivity index (χ4v) is 5.78. The van der Waals surface area contributed by atoms with Gasteiger partial charge in [-0.15, -0.1) is 22.7 Å². The van der Waals surface area contributed by atoms with Gasteiger partial charge in [0, 0.05) is 4.88 Å². The lowest BCUT2D eigenvalue weighted by atomic mass is 10.3. The summed E-state index contributed by atoms with van der Waals surface area (Å²) in [5.41, 5.74) is 0. The van der Waals surface area contributed by atoms with Crippen LogP contribution in [0.5, 0.6) is 0 Å². The first-order valence-electron chi connectivity index (χ1n) is 5.04. The minimum Gasteiger partial charge on any atom is -0.480 e. The van der Waals surface area contributed by atoms with Gasteiger partial charge in [-0.05, 0) is 33.4 Å². The molecule has 5 nitrogen and oxygen atoms in total. The molecule has 2 rings (SSSR count). The summed E-state index contributed by atoms with van der Waals surface area (Å²) in [4.78, 5) is 11.6. The summed E-state index contributed by atoms with van der Waals surface area (Å²) in [6.45, 7) is 0. The summed E-state index contributed by atoms with van der Waals surface area (Å²) in [6, 6.07) is 3.16. The van der Waals surface area contributed by atoms with Crippen LogP contribution in [0.1, 0.15) is 10.9 Å². The molecule has 20 heavy (non-hydrogen) atoms. The summed E-state index contributed by atoms with van der Waals surface area (Å²) in [6.07, 6.45) is 0. The number of halogens is 2. The minimum absolute atomic E-state index is 0.0443. The summed E-state index contributed by atoms with van der Waals surface area (Å²) < 4.78 is 26.9. The van der Waals surface area contributed by atoms with Crippen LogP contribution in [0.25, 0.3) is 0 Å². The molecule has 2 aromatic rings. The highest BCUT2D eigenvalue weighted by molar-refractivity contribution is 9.11. The van der Waals surface area contributed by atoms with E-state index in [4.69, 9.17) is 16.7 Å². The van der Waals surface area contributed by atoms with Crippen LogP contribution in [0.3, 0.4) is 0 Å². The smallest absolute Gasteiger partial charge is 0.327 e. The molecule has 0 saturated heterocycles. The molecule has 10 heteroatoms. The lowest BCUT2D eigenvalue weighted by Crippen LogP contribution is -2.32. The molecular weight excluding hydrogens is 410 g/mol. The second-order valence-electron chi connectivity index (χ2n) is 3.60. The lowest BCUT2D eigenvalue weighted by Gasteiger charge is -2.12. The number of hydrogen-bond acceptors (Lipinski definition) is 5. The van der Waals surface area contributed by atoms with Crippen molar-refractivity contribution >= 4 is 66.2 Å². The Kier molecular flexibility index (Phi) is 4.88. The van der Waals surface area contributed by atoms with Gasteiger partial charge in [0.2, 0.25) is 0 Å². The van der Waals surface area contributed by atoms with E-state index in [-0.39, 0.29) is 9.23 Å². The maximum atomic E-state index is 12.2.